The molecule has 5 heteroatoms. The Labute approximate surface area is 179 Å². The summed E-state index contributed by atoms with van der Waals surface area (Å²) < 4.78 is 2.05. The summed E-state index contributed by atoms with van der Waals surface area (Å²) in [5.41, 5.74) is 5.32. The number of pyridine rings is 1. The highest BCUT2D eigenvalue weighted by Gasteiger charge is 2.15. The quantitative estimate of drug-likeness (QED) is 0.555. The third kappa shape index (κ3) is 4.51. The van der Waals surface area contributed by atoms with Crippen LogP contribution in [0.4, 0.5) is 5.69 Å². The number of hydrogen-bond acceptors (Lipinski definition) is 2. The van der Waals surface area contributed by atoms with Crippen LogP contribution in [0.25, 0.3) is 11.1 Å². The maximum Gasteiger partial charge on any atom is 0.264 e. The van der Waals surface area contributed by atoms with Crippen LogP contribution in [0, 0.1) is 6.92 Å². The highest BCUT2D eigenvalue weighted by atomic mass is 79.9. The molecule has 0 unspecified atom stereocenters. The zero-order valence-corrected chi connectivity index (χ0v) is 18.9. The molecule has 1 heterocycles. The molecule has 29 heavy (non-hydrogen) atoms. The van der Waals surface area contributed by atoms with E-state index < -0.39 is 0 Å². The van der Waals surface area contributed by atoms with Gasteiger partial charge in [-0.25, -0.2) is 0 Å². The van der Waals surface area contributed by atoms with Gasteiger partial charge in [0.2, 0.25) is 0 Å². The minimum Gasteiger partial charge on any atom is -0.322 e. The Hall–Kier alpha value is -2.66. The van der Waals surface area contributed by atoms with Crippen LogP contribution >= 0.6 is 15.9 Å². The normalized spacial score (nSPS) is 11.4. The molecule has 0 spiro atoms. The van der Waals surface area contributed by atoms with Gasteiger partial charge in [-0.3, -0.25) is 9.59 Å². The van der Waals surface area contributed by atoms with E-state index in [9.17, 15) is 9.59 Å². The Morgan fingerprint density at radius 1 is 1.07 bits per heavy atom. The lowest BCUT2D eigenvalue weighted by Gasteiger charge is -2.19. The Balaban J connectivity index is 1.90. The summed E-state index contributed by atoms with van der Waals surface area (Å²) in [6.07, 6.45) is 1.80. The number of nitrogens with zero attached hydrogens (tertiary/aromatic N) is 1. The highest BCUT2D eigenvalue weighted by Crippen LogP contribution is 2.29. The number of carbonyl (C=O) groups is 1. The first-order valence-electron chi connectivity index (χ1n) is 9.46. The summed E-state index contributed by atoms with van der Waals surface area (Å²) in [6, 6.07) is 15.3. The van der Waals surface area contributed by atoms with Crippen molar-refractivity contribution in [3.63, 3.8) is 0 Å². The molecule has 0 atom stereocenters. The van der Waals surface area contributed by atoms with Crippen molar-refractivity contribution in [2.45, 2.75) is 33.1 Å². The van der Waals surface area contributed by atoms with E-state index in [1.54, 1.807) is 17.8 Å². The molecule has 1 aromatic heterocycles. The van der Waals surface area contributed by atoms with E-state index in [0.29, 0.717) is 10.0 Å². The first kappa shape index (κ1) is 21.1. The number of amides is 1. The lowest BCUT2D eigenvalue weighted by Crippen LogP contribution is -2.17. The number of aromatic nitrogens is 1. The minimum atomic E-state index is -0.146. The number of aryl methyl sites for hydroxylation is 1. The summed E-state index contributed by atoms with van der Waals surface area (Å²) >= 11 is 3.32. The van der Waals surface area contributed by atoms with Crippen molar-refractivity contribution >= 4 is 27.5 Å². The first-order chi connectivity index (χ1) is 13.6. The number of anilines is 1. The van der Waals surface area contributed by atoms with Crippen LogP contribution in [0.2, 0.25) is 0 Å². The van der Waals surface area contributed by atoms with Crippen molar-refractivity contribution in [3.05, 3.63) is 86.2 Å². The number of hydrogen-bond donors (Lipinski definition) is 1. The molecule has 0 saturated carbocycles. The molecule has 3 aromatic rings. The standard InChI is InChI=1S/C24H25BrN2O2/c1-15-19(17-13-20(25)23(29)27(5)14-17)7-6-8-21(15)26-22(28)16-9-11-18(12-10-16)24(2,3)4/h6-14H,1-5H3,(H,26,28). The predicted octanol–water partition coefficient (Wildman–Crippen LogP) is 5.67. The van der Waals surface area contributed by atoms with E-state index in [2.05, 4.69) is 42.0 Å². The second kappa shape index (κ2) is 7.99. The van der Waals surface area contributed by atoms with Crippen LogP contribution in [0.15, 0.2) is 64.0 Å². The number of halogens is 1. The fourth-order valence-corrected chi connectivity index (χ4v) is 3.74. The molecular weight excluding hydrogens is 428 g/mol. The Kier molecular flexibility index (Phi) is 5.80. The van der Waals surface area contributed by atoms with Gasteiger partial charge < -0.3 is 9.88 Å². The first-order valence-corrected chi connectivity index (χ1v) is 10.3. The van der Waals surface area contributed by atoms with Gasteiger partial charge in [0.1, 0.15) is 0 Å². The topological polar surface area (TPSA) is 51.1 Å². The zero-order valence-electron chi connectivity index (χ0n) is 17.3. The number of nitrogens with one attached hydrogen (secondary N) is 1. The van der Waals surface area contributed by atoms with Crippen molar-refractivity contribution in [2.24, 2.45) is 7.05 Å². The van der Waals surface area contributed by atoms with Gasteiger partial charge in [-0.15, -0.1) is 0 Å². The molecule has 1 N–H and O–H groups in total. The van der Waals surface area contributed by atoms with Crippen LogP contribution in [0.1, 0.15) is 42.3 Å². The maximum absolute atomic E-state index is 12.8. The molecule has 0 aliphatic heterocycles. The molecular formula is C24H25BrN2O2. The van der Waals surface area contributed by atoms with Gasteiger partial charge in [-0.1, -0.05) is 45.0 Å². The molecule has 1 amide bonds. The largest absolute Gasteiger partial charge is 0.322 e. The van der Waals surface area contributed by atoms with Crippen LogP contribution in [0.3, 0.4) is 0 Å². The van der Waals surface area contributed by atoms with E-state index in [1.807, 2.05) is 55.5 Å². The molecule has 0 aliphatic rings. The molecule has 0 fully saturated rings. The van der Waals surface area contributed by atoms with Crippen molar-refractivity contribution in [2.75, 3.05) is 5.32 Å². The van der Waals surface area contributed by atoms with Gasteiger partial charge in [0, 0.05) is 24.5 Å². The summed E-state index contributed by atoms with van der Waals surface area (Å²) in [7, 11) is 1.72. The van der Waals surface area contributed by atoms with Gasteiger partial charge in [0.25, 0.3) is 11.5 Å². The van der Waals surface area contributed by atoms with Crippen LogP contribution < -0.4 is 10.9 Å². The number of rotatable bonds is 3. The van der Waals surface area contributed by atoms with Gasteiger partial charge in [0.15, 0.2) is 0 Å². The average molecular weight is 453 g/mol. The Morgan fingerprint density at radius 3 is 2.31 bits per heavy atom. The van der Waals surface area contributed by atoms with Crippen molar-refractivity contribution in [1.29, 1.82) is 0 Å². The highest BCUT2D eigenvalue weighted by molar-refractivity contribution is 9.10. The fourth-order valence-electron chi connectivity index (χ4n) is 3.22. The fraction of sp³-hybridized carbons (Fsp3) is 0.250. The molecule has 3 rings (SSSR count). The number of benzene rings is 2. The van der Waals surface area contributed by atoms with Gasteiger partial charge in [-0.2, -0.15) is 0 Å². The van der Waals surface area contributed by atoms with Crippen molar-refractivity contribution in [1.82, 2.24) is 4.57 Å². The smallest absolute Gasteiger partial charge is 0.264 e. The summed E-state index contributed by atoms with van der Waals surface area (Å²) in [6.45, 7) is 8.41. The van der Waals surface area contributed by atoms with E-state index >= 15 is 0 Å². The van der Waals surface area contributed by atoms with Crippen LogP contribution in [-0.4, -0.2) is 10.5 Å². The molecule has 4 nitrogen and oxygen atoms in total. The average Bonchev–Trinajstić information content (AvgIpc) is 2.66. The second-order valence-electron chi connectivity index (χ2n) is 8.25. The van der Waals surface area contributed by atoms with Gasteiger partial charge in [0.05, 0.1) is 4.47 Å². The lowest BCUT2D eigenvalue weighted by atomic mass is 9.86. The third-order valence-corrected chi connectivity index (χ3v) is 5.61. The van der Waals surface area contributed by atoms with E-state index in [1.165, 1.54) is 5.56 Å². The van der Waals surface area contributed by atoms with Gasteiger partial charge >= 0.3 is 0 Å². The lowest BCUT2D eigenvalue weighted by molar-refractivity contribution is 0.102. The summed E-state index contributed by atoms with van der Waals surface area (Å²) in [5.74, 6) is -0.146. The minimum absolute atomic E-state index is 0.0456. The molecule has 0 bridgehead atoms. The number of carbonyl (C=O) groups excluding carboxylic acids is 1. The monoisotopic (exact) mass is 452 g/mol. The van der Waals surface area contributed by atoms with E-state index in [-0.39, 0.29) is 16.9 Å². The maximum atomic E-state index is 12.8. The Morgan fingerprint density at radius 2 is 1.72 bits per heavy atom. The molecule has 0 aliphatic carbocycles. The molecule has 0 radical (unpaired) electrons. The molecule has 2 aromatic carbocycles. The van der Waals surface area contributed by atoms with E-state index in [0.717, 1.165) is 22.4 Å². The molecule has 150 valence electrons. The van der Waals surface area contributed by atoms with Crippen molar-refractivity contribution < 1.29 is 4.79 Å². The zero-order chi connectivity index (χ0) is 21.3. The SMILES string of the molecule is Cc1c(NC(=O)c2ccc(C(C)(C)C)cc2)cccc1-c1cc(Br)c(=O)n(C)c1. The third-order valence-electron chi connectivity index (χ3n) is 5.05. The van der Waals surface area contributed by atoms with E-state index in [4.69, 9.17) is 0 Å². The Bertz CT molecular complexity index is 1100. The van der Waals surface area contributed by atoms with Crippen LogP contribution in [-0.2, 0) is 12.5 Å². The molecule has 0 saturated heterocycles. The van der Waals surface area contributed by atoms with Crippen molar-refractivity contribution in [3.8, 4) is 11.1 Å². The second-order valence-corrected chi connectivity index (χ2v) is 9.11. The summed E-state index contributed by atoms with van der Waals surface area (Å²) in [5, 5.41) is 3.02. The van der Waals surface area contributed by atoms with Crippen LogP contribution in [0.5, 0.6) is 0 Å². The van der Waals surface area contributed by atoms with Gasteiger partial charge in [-0.05, 0) is 74.8 Å². The summed E-state index contributed by atoms with van der Waals surface area (Å²) in [4.78, 5) is 24.7. The predicted molar refractivity (Wildman–Crippen MR) is 123 cm³/mol.